The summed E-state index contributed by atoms with van der Waals surface area (Å²) in [6.45, 7) is 10.5. The average Bonchev–Trinajstić information content (AvgIpc) is 3.18. The van der Waals surface area contributed by atoms with E-state index in [-0.39, 0.29) is 24.2 Å². The maximum atomic E-state index is 12.0. The molecule has 3 atom stereocenters. The third-order valence-electron chi connectivity index (χ3n) is 4.46. The van der Waals surface area contributed by atoms with Gasteiger partial charge in [0, 0.05) is 25.7 Å². The molecule has 0 aromatic rings. The fourth-order valence-corrected chi connectivity index (χ4v) is 3.24. The van der Waals surface area contributed by atoms with Crippen LogP contribution in [0.1, 0.15) is 53.4 Å². The largest absolute Gasteiger partial charge is 0.444 e. The summed E-state index contributed by atoms with van der Waals surface area (Å²) in [7, 11) is 0. The topological polar surface area (TPSA) is 61.8 Å². The predicted molar refractivity (Wildman–Crippen MR) is 86.7 cm³/mol. The second-order valence-corrected chi connectivity index (χ2v) is 7.98. The van der Waals surface area contributed by atoms with Crippen molar-refractivity contribution in [2.45, 2.75) is 71.1 Å². The number of nitrogens with one attached hydrogen (secondary N) is 1. The zero-order valence-corrected chi connectivity index (χ0v) is 14.5. The van der Waals surface area contributed by atoms with Gasteiger partial charge in [-0.3, -0.25) is 0 Å². The van der Waals surface area contributed by atoms with Gasteiger partial charge in [0.05, 0.1) is 6.10 Å². The average molecular weight is 312 g/mol. The molecule has 0 aromatic heterocycles. The highest BCUT2D eigenvalue weighted by molar-refractivity contribution is 5.68. The van der Waals surface area contributed by atoms with Crippen LogP contribution in [0.2, 0.25) is 0 Å². The zero-order valence-electron chi connectivity index (χ0n) is 14.5. The van der Waals surface area contributed by atoms with Crippen LogP contribution in [0.4, 0.5) is 4.79 Å². The highest BCUT2D eigenvalue weighted by Crippen LogP contribution is 2.32. The lowest BCUT2D eigenvalue weighted by Gasteiger charge is -2.40. The van der Waals surface area contributed by atoms with Crippen LogP contribution in [0.5, 0.6) is 0 Å². The summed E-state index contributed by atoms with van der Waals surface area (Å²) >= 11 is 0. The lowest BCUT2D eigenvalue weighted by molar-refractivity contribution is 0.0227. The summed E-state index contributed by atoms with van der Waals surface area (Å²) in [5, 5.41) is 13.2. The first-order chi connectivity index (χ1) is 10.3. The molecule has 2 aliphatic rings. The summed E-state index contributed by atoms with van der Waals surface area (Å²) in [6, 6.07) is 0.0635. The van der Waals surface area contributed by atoms with Gasteiger partial charge < -0.3 is 20.1 Å². The summed E-state index contributed by atoms with van der Waals surface area (Å²) < 4.78 is 5.36. The van der Waals surface area contributed by atoms with Crippen LogP contribution >= 0.6 is 0 Å². The number of ether oxygens (including phenoxy) is 1. The Morgan fingerprint density at radius 1 is 1.36 bits per heavy atom. The molecule has 1 aliphatic heterocycles. The molecule has 5 heteroatoms. The third kappa shape index (κ3) is 5.76. The van der Waals surface area contributed by atoms with Crippen molar-refractivity contribution in [2.24, 2.45) is 11.8 Å². The molecule has 5 nitrogen and oxygen atoms in total. The van der Waals surface area contributed by atoms with E-state index in [1.54, 1.807) is 0 Å². The molecule has 22 heavy (non-hydrogen) atoms. The molecule has 1 saturated heterocycles. The third-order valence-corrected chi connectivity index (χ3v) is 4.46. The van der Waals surface area contributed by atoms with E-state index >= 15 is 0 Å². The molecule has 0 spiro atoms. The van der Waals surface area contributed by atoms with Crippen LogP contribution in [0, 0.1) is 11.8 Å². The van der Waals surface area contributed by atoms with Gasteiger partial charge in [-0.2, -0.15) is 0 Å². The number of aliphatic hydroxyl groups is 1. The first-order valence-corrected chi connectivity index (χ1v) is 8.66. The van der Waals surface area contributed by atoms with Crippen LogP contribution < -0.4 is 5.32 Å². The molecule has 1 amide bonds. The van der Waals surface area contributed by atoms with Gasteiger partial charge in [-0.1, -0.05) is 6.92 Å². The van der Waals surface area contributed by atoms with Crippen molar-refractivity contribution in [2.75, 3.05) is 19.6 Å². The van der Waals surface area contributed by atoms with Gasteiger partial charge in [0.1, 0.15) is 5.60 Å². The fraction of sp³-hybridized carbons (Fsp3) is 0.941. The standard InChI is InChI=1S/C17H32N2O3/c1-5-15(20)13-8-14(18-16(21)22-17(2,3)4)11-19(10-13)9-12-6-7-12/h12-15,20H,5-11H2,1-4H3,(H,18,21). The maximum Gasteiger partial charge on any atom is 0.407 e. The van der Waals surface area contributed by atoms with Crippen molar-refractivity contribution in [3.63, 3.8) is 0 Å². The van der Waals surface area contributed by atoms with Crippen molar-refractivity contribution in [3.8, 4) is 0 Å². The van der Waals surface area contributed by atoms with Gasteiger partial charge in [0.15, 0.2) is 0 Å². The van der Waals surface area contributed by atoms with Crippen LogP contribution in [0.25, 0.3) is 0 Å². The first-order valence-electron chi connectivity index (χ1n) is 8.66. The van der Waals surface area contributed by atoms with E-state index in [1.807, 2.05) is 27.7 Å². The molecule has 2 N–H and O–H groups in total. The number of nitrogens with zero attached hydrogens (tertiary/aromatic N) is 1. The molecule has 0 radical (unpaired) electrons. The molecule has 1 heterocycles. The fourth-order valence-electron chi connectivity index (χ4n) is 3.24. The van der Waals surface area contributed by atoms with Crippen LogP contribution in [-0.2, 0) is 4.74 Å². The summed E-state index contributed by atoms with van der Waals surface area (Å²) in [4.78, 5) is 14.4. The van der Waals surface area contributed by atoms with Crippen molar-refractivity contribution in [1.82, 2.24) is 10.2 Å². The van der Waals surface area contributed by atoms with Crippen molar-refractivity contribution < 1.29 is 14.6 Å². The van der Waals surface area contributed by atoms with Gasteiger partial charge in [-0.25, -0.2) is 4.79 Å². The van der Waals surface area contributed by atoms with E-state index in [4.69, 9.17) is 4.74 Å². The van der Waals surface area contributed by atoms with Crippen molar-refractivity contribution in [1.29, 1.82) is 0 Å². The van der Waals surface area contributed by atoms with Crippen LogP contribution in [0.15, 0.2) is 0 Å². The number of hydrogen-bond donors (Lipinski definition) is 2. The quantitative estimate of drug-likeness (QED) is 0.818. The van der Waals surface area contributed by atoms with Crippen LogP contribution in [0.3, 0.4) is 0 Å². The Labute approximate surface area is 134 Å². The smallest absolute Gasteiger partial charge is 0.407 e. The monoisotopic (exact) mass is 312 g/mol. The Bertz CT molecular complexity index is 377. The van der Waals surface area contributed by atoms with Crippen molar-refractivity contribution in [3.05, 3.63) is 0 Å². The lowest BCUT2D eigenvalue weighted by Crippen LogP contribution is -2.53. The summed E-state index contributed by atoms with van der Waals surface area (Å²) in [6.07, 6.45) is 3.60. The zero-order chi connectivity index (χ0) is 16.3. The number of amides is 1. The second-order valence-electron chi connectivity index (χ2n) is 7.98. The number of carbonyl (C=O) groups excluding carboxylic acids is 1. The second kappa shape index (κ2) is 7.18. The van der Waals surface area contributed by atoms with E-state index in [0.29, 0.717) is 0 Å². The number of aliphatic hydroxyl groups excluding tert-OH is 1. The predicted octanol–water partition coefficient (Wildman–Crippen LogP) is 2.38. The number of rotatable bonds is 5. The van der Waals surface area contributed by atoms with Gasteiger partial charge in [-0.15, -0.1) is 0 Å². The Balaban J connectivity index is 1.91. The van der Waals surface area contributed by atoms with Crippen LogP contribution in [-0.4, -0.2) is 53.5 Å². The van der Waals surface area contributed by atoms with E-state index in [2.05, 4.69) is 10.2 Å². The first kappa shape index (κ1) is 17.5. The van der Waals surface area contributed by atoms with Gasteiger partial charge >= 0.3 is 6.09 Å². The van der Waals surface area contributed by atoms with Gasteiger partial charge in [-0.05, 0) is 58.3 Å². The minimum Gasteiger partial charge on any atom is -0.444 e. The molecular weight excluding hydrogens is 280 g/mol. The maximum absolute atomic E-state index is 12.0. The Hall–Kier alpha value is -0.810. The number of hydrogen-bond acceptors (Lipinski definition) is 4. The summed E-state index contributed by atoms with van der Waals surface area (Å²) in [5.74, 6) is 1.05. The highest BCUT2D eigenvalue weighted by Gasteiger charge is 2.35. The van der Waals surface area contributed by atoms with Gasteiger partial charge in [0.2, 0.25) is 0 Å². The van der Waals surface area contributed by atoms with Gasteiger partial charge in [0.25, 0.3) is 0 Å². The minimum atomic E-state index is -0.477. The molecule has 128 valence electrons. The number of carbonyl (C=O) groups is 1. The Morgan fingerprint density at radius 3 is 2.59 bits per heavy atom. The Morgan fingerprint density at radius 2 is 2.05 bits per heavy atom. The minimum absolute atomic E-state index is 0.0635. The highest BCUT2D eigenvalue weighted by atomic mass is 16.6. The number of piperidine rings is 1. The molecule has 2 fully saturated rings. The normalized spacial score (nSPS) is 28.2. The molecule has 0 bridgehead atoms. The molecule has 2 rings (SSSR count). The van der Waals surface area contributed by atoms with E-state index < -0.39 is 5.60 Å². The number of alkyl carbamates (subject to hydrolysis) is 1. The lowest BCUT2D eigenvalue weighted by atomic mass is 9.88. The molecule has 1 saturated carbocycles. The van der Waals surface area contributed by atoms with Crippen molar-refractivity contribution >= 4 is 6.09 Å². The molecule has 1 aliphatic carbocycles. The summed E-state index contributed by atoms with van der Waals surface area (Å²) in [5.41, 5.74) is -0.477. The molecule has 0 aromatic carbocycles. The number of likely N-dealkylation sites (tertiary alicyclic amines) is 1. The van der Waals surface area contributed by atoms with E-state index in [0.717, 1.165) is 38.4 Å². The SMILES string of the molecule is CCC(O)C1CC(NC(=O)OC(C)(C)C)CN(CC2CC2)C1. The van der Waals surface area contributed by atoms with E-state index in [1.165, 1.54) is 12.8 Å². The van der Waals surface area contributed by atoms with E-state index in [9.17, 15) is 9.90 Å². The Kier molecular flexibility index (Phi) is 5.72. The molecular formula is C17H32N2O3. The molecule has 3 unspecified atom stereocenters.